The van der Waals surface area contributed by atoms with Crippen molar-refractivity contribution in [3.8, 4) is 11.4 Å². The molecule has 2 saturated heterocycles. The van der Waals surface area contributed by atoms with Gasteiger partial charge in [-0.05, 0) is 73.6 Å². The van der Waals surface area contributed by atoms with E-state index in [1.165, 1.54) is 0 Å². The lowest BCUT2D eigenvalue weighted by atomic mass is 10.0. The smallest absolute Gasteiger partial charge is 0.170 e. The van der Waals surface area contributed by atoms with Crippen molar-refractivity contribution in [2.24, 2.45) is 0 Å². The van der Waals surface area contributed by atoms with Gasteiger partial charge in [0, 0.05) is 36.9 Å². The fourth-order valence-corrected chi connectivity index (χ4v) is 4.86. The van der Waals surface area contributed by atoms with Gasteiger partial charge >= 0.3 is 0 Å². The average Bonchev–Trinajstić information content (AvgIpc) is 3.56. The number of ether oxygens (including phenoxy) is 2. The number of rotatable bonds is 6. The first kappa shape index (κ1) is 20.0. The van der Waals surface area contributed by atoms with Crippen LogP contribution in [0, 0.1) is 0 Å². The molecule has 3 atom stereocenters. The fourth-order valence-electron chi connectivity index (χ4n) is 4.54. The summed E-state index contributed by atoms with van der Waals surface area (Å²) in [5.74, 6) is 0.840. The number of pyridine rings is 1. The molecule has 160 valence electrons. The summed E-state index contributed by atoms with van der Waals surface area (Å²) in [5.41, 5.74) is 3.22. The Morgan fingerprint density at radius 3 is 2.74 bits per heavy atom. The van der Waals surface area contributed by atoms with Crippen LogP contribution in [0.15, 0.2) is 67.0 Å². The van der Waals surface area contributed by atoms with Gasteiger partial charge in [0.2, 0.25) is 0 Å². The summed E-state index contributed by atoms with van der Waals surface area (Å²) in [6, 6.07) is 18.4. The van der Waals surface area contributed by atoms with Crippen molar-refractivity contribution in [2.75, 3.05) is 20.3 Å². The third kappa shape index (κ3) is 3.91. The Morgan fingerprint density at radius 2 is 2.03 bits per heavy atom. The lowest BCUT2D eigenvalue weighted by molar-refractivity contribution is 0.0836. The summed E-state index contributed by atoms with van der Waals surface area (Å²) < 4.78 is 13.5. The molecule has 1 N–H and O–H groups in total. The molecule has 2 aromatic heterocycles. The maximum atomic E-state index is 5.94. The van der Waals surface area contributed by atoms with Gasteiger partial charge in [0.05, 0.1) is 31.0 Å². The quantitative estimate of drug-likeness (QED) is 0.591. The molecule has 2 fully saturated rings. The van der Waals surface area contributed by atoms with Crippen LogP contribution in [0.3, 0.4) is 0 Å². The van der Waals surface area contributed by atoms with Crippen molar-refractivity contribution < 1.29 is 9.47 Å². The van der Waals surface area contributed by atoms with Gasteiger partial charge in [-0.3, -0.25) is 4.98 Å². The predicted octanol–water partition coefficient (Wildman–Crippen LogP) is 4.03. The van der Waals surface area contributed by atoms with E-state index in [1.54, 1.807) is 7.11 Å². The van der Waals surface area contributed by atoms with E-state index in [2.05, 4.69) is 56.3 Å². The number of nitrogens with one attached hydrogen (secondary N) is 1. The summed E-state index contributed by atoms with van der Waals surface area (Å²) in [6.45, 7) is 1.60. The van der Waals surface area contributed by atoms with Crippen molar-refractivity contribution >= 4 is 17.3 Å². The molecule has 0 amide bonds. The first-order chi connectivity index (χ1) is 15.2. The zero-order valence-corrected chi connectivity index (χ0v) is 18.3. The number of hydrogen-bond donors (Lipinski definition) is 1. The number of hydrogen-bond acceptors (Lipinski definition) is 4. The minimum atomic E-state index is -0.0398. The average molecular weight is 435 g/mol. The standard InChI is InChI=1S/C24H26N4O2S/c1-29-18-11-9-17(10-12-18)27-14-4-8-21(27)23-22(20-7-2-3-13-25-20)26-24(31)28(23)16-19-6-5-15-30-19/h2-4,7-14,19,22-23H,5-6,15-16H2,1H3,(H,26,31)/t19-,22-,23-/m1/s1. The molecule has 0 bridgehead atoms. The molecule has 0 aliphatic carbocycles. The first-order valence-electron chi connectivity index (χ1n) is 10.7. The van der Waals surface area contributed by atoms with Gasteiger partial charge in [-0.2, -0.15) is 0 Å². The third-order valence-electron chi connectivity index (χ3n) is 6.06. The van der Waals surface area contributed by atoms with Crippen LogP contribution in [0.25, 0.3) is 5.69 Å². The second kappa shape index (κ2) is 8.69. The maximum absolute atomic E-state index is 5.94. The Labute approximate surface area is 187 Å². The Bertz CT molecular complexity index is 1030. The van der Waals surface area contributed by atoms with Crippen molar-refractivity contribution in [3.05, 3.63) is 78.4 Å². The van der Waals surface area contributed by atoms with Crippen molar-refractivity contribution in [1.82, 2.24) is 19.8 Å². The molecule has 5 rings (SSSR count). The fraction of sp³-hybridized carbons (Fsp3) is 0.333. The van der Waals surface area contributed by atoms with Crippen LogP contribution in [0.4, 0.5) is 0 Å². The van der Waals surface area contributed by atoms with Crippen LogP contribution >= 0.6 is 12.2 Å². The summed E-state index contributed by atoms with van der Waals surface area (Å²) >= 11 is 5.80. The van der Waals surface area contributed by atoms with Crippen LogP contribution in [-0.4, -0.2) is 45.9 Å². The highest BCUT2D eigenvalue weighted by atomic mass is 32.1. The normalized spacial score (nSPS) is 23.2. The molecule has 3 aromatic rings. The van der Waals surface area contributed by atoms with Gasteiger partial charge in [-0.1, -0.05) is 6.07 Å². The van der Waals surface area contributed by atoms with E-state index in [1.807, 2.05) is 30.5 Å². The van der Waals surface area contributed by atoms with E-state index in [-0.39, 0.29) is 18.2 Å². The van der Waals surface area contributed by atoms with E-state index in [4.69, 9.17) is 21.7 Å². The summed E-state index contributed by atoms with van der Waals surface area (Å²) in [5, 5.41) is 4.28. The molecule has 2 aliphatic heterocycles. The molecular formula is C24H26N4O2S. The zero-order chi connectivity index (χ0) is 21.2. The first-order valence-corrected chi connectivity index (χ1v) is 11.1. The molecule has 1 aromatic carbocycles. The van der Waals surface area contributed by atoms with E-state index in [0.717, 1.165) is 53.9 Å². The summed E-state index contributed by atoms with van der Waals surface area (Å²) in [7, 11) is 1.68. The lowest BCUT2D eigenvalue weighted by Gasteiger charge is -2.30. The molecular weight excluding hydrogens is 408 g/mol. The van der Waals surface area contributed by atoms with Crippen LogP contribution in [0.1, 0.15) is 36.3 Å². The minimum Gasteiger partial charge on any atom is -0.497 e. The highest BCUT2D eigenvalue weighted by Crippen LogP contribution is 2.40. The van der Waals surface area contributed by atoms with E-state index < -0.39 is 0 Å². The SMILES string of the molecule is COc1ccc(-n2cccc2[C@@H]2[C@@H](c3ccccn3)NC(=S)N2C[C@H]2CCCO2)cc1. The van der Waals surface area contributed by atoms with Crippen LogP contribution in [0.5, 0.6) is 5.75 Å². The molecule has 0 radical (unpaired) electrons. The van der Waals surface area contributed by atoms with Gasteiger partial charge in [0.1, 0.15) is 5.75 Å². The minimum absolute atomic E-state index is 0.00343. The zero-order valence-electron chi connectivity index (χ0n) is 17.5. The van der Waals surface area contributed by atoms with Crippen molar-refractivity contribution in [1.29, 1.82) is 0 Å². The molecule has 0 saturated carbocycles. The number of methoxy groups -OCH3 is 1. The Morgan fingerprint density at radius 1 is 1.16 bits per heavy atom. The number of aromatic nitrogens is 2. The molecule has 0 spiro atoms. The Kier molecular flexibility index (Phi) is 5.61. The van der Waals surface area contributed by atoms with Gasteiger partial charge < -0.3 is 24.3 Å². The van der Waals surface area contributed by atoms with Gasteiger partial charge in [-0.25, -0.2) is 0 Å². The van der Waals surface area contributed by atoms with Gasteiger partial charge in [0.25, 0.3) is 0 Å². The molecule has 0 unspecified atom stereocenters. The Balaban J connectivity index is 1.55. The Hall–Kier alpha value is -2.90. The number of thiocarbonyl (C=S) groups is 1. The molecule has 31 heavy (non-hydrogen) atoms. The van der Waals surface area contributed by atoms with Crippen molar-refractivity contribution in [3.63, 3.8) is 0 Å². The molecule has 2 aliphatic rings. The van der Waals surface area contributed by atoms with E-state index in [0.29, 0.717) is 0 Å². The molecule has 7 heteroatoms. The number of nitrogens with zero attached hydrogens (tertiary/aromatic N) is 3. The lowest BCUT2D eigenvalue weighted by Crippen LogP contribution is -2.36. The molecule has 6 nitrogen and oxygen atoms in total. The van der Waals surface area contributed by atoms with Crippen molar-refractivity contribution in [2.45, 2.75) is 31.0 Å². The van der Waals surface area contributed by atoms with Gasteiger partial charge in [-0.15, -0.1) is 0 Å². The maximum Gasteiger partial charge on any atom is 0.170 e. The van der Waals surface area contributed by atoms with Crippen LogP contribution < -0.4 is 10.1 Å². The topological polar surface area (TPSA) is 51.5 Å². The number of benzene rings is 1. The monoisotopic (exact) mass is 434 g/mol. The van der Waals surface area contributed by atoms with Crippen LogP contribution in [0.2, 0.25) is 0 Å². The second-order valence-corrected chi connectivity index (χ2v) is 8.30. The molecule has 4 heterocycles. The predicted molar refractivity (Wildman–Crippen MR) is 123 cm³/mol. The summed E-state index contributed by atoms with van der Waals surface area (Å²) in [4.78, 5) is 6.92. The highest BCUT2D eigenvalue weighted by Gasteiger charge is 2.42. The highest BCUT2D eigenvalue weighted by molar-refractivity contribution is 7.80. The van der Waals surface area contributed by atoms with E-state index in [9.17, 15) is 0 Å². The van der Waals surface area contributed by atoms with Gasteiger partial charge in [0.15, 0.2) is 5.11 Å². The van der Waals surface area contributed by atoms with Crippen LogP contribution in [-0.2, 0) is 4.74 Å². The summed E-state index contributed by atoms with van der Waals surface area (Å²) in [6.07, 6.45) is 6.31. The van der Waals surface area contributed by atoms with E-state index >= 15 is 0 Å². The third-order valence-corrected chi connectivity index (χ3v) is 6.41. The second-order valence-electron chi connectivity index (χ2n) is 7.92. The largest absolute Gasteiger partial charge is 0.497 e.